The lowest BCUT2D eigenvalue weighted by Crippen LogP contribution is -2.52. The van der Waals surface area contributed by atoms with Gasteiger partial charge >= 0.3 is 6.97 Å². The van der Waals surface area contributed by atoms with Crippen molar-refractivity contribution in [3.63, 3.8) is 0 Å². The molecule has 7 aromatic rings. The molecule has 55 heavy (non-hydrogen) atoms. The zero-order valence-electron chi connectivity index (χ0n) is 30.5. The van der Waals surface area contributed by atoms with Gasteiger partial charge in [0.15, 0.2) is 11.4 Å². The van der Waals surface area contributed by atoms with Crippen LogP contribution in [0, 0.1) is 18.8 Å². The van der Waals surface area contributed by atoms with Crippen LogP contribution in [-0.2, 0) is 19.3 Å². The lowest BCUT2D eigenvalue weighted by atomic mass is 9.82. The van der Waals surface area contributed by atoms with Crippen molar-refractivity contribution in [1.29, 1.82) is 0 Å². The number of allylic oxidation sites excluding steroid dienone is 2. The van der Waals surface area contributed by atoms with Crippen molar-refractivity contribution in [3.8, 4) is 23.1 Å². The van der Waals surface area contributed by atoms with E-state index in [1.807, 2.05) is 48.5 Å². The first kappa shape index (κ1) is 32.6. The van der Waals surface area contributed by atoms with Crippen molar-refractivity contribution in [2.24, 2.45) is 0 Å². The molecular weight excluding hydrogens is 745 g/mol. The van der Waals surface area contributed by atoms with Gasteiger partial charge in [0.05, 0.1) is 5.57 Å². The summed E-state index contributed by atoms with van der Waals surface area (Å²) in [7, 11) is 0. The van der Waals surface area contributed by atoms with Crippen LogP contribution in [0.25, 0.3) is 38.4 Å². The molecule has 2 nitrogen and oxygen atoms in total. The van der Waals surface area contributed by atoms with E-state index in [1.165, 1.54) is 8.96 Å². The molecule has 0 unspecified atom stereocenters. The third kappa shape index (κ3) is 4.51. The average Bonchev–Trinajstić information content (AvgIpc) is 3.71. The molecular formula is C49H34BBrF2N2. The highest BCUT2D eigenvalue weighted by Gasteiger charge is 2.59. The molecule has 4 aliphatic rings. The molecule has 11 rings (SSSR count). The first-order chi connectivity index (χ1) is 26.8. The maximum absolute atomic E-state index is 18.0. The Bertz CT molecular complexity index is 2980. The second kappa shape index (κ2) is 11.9. The summed E-state index contributed by atoms with van der Waals surface area (Å²) >= 11 is 3.85. The number of nitrogens with zero attached hydrogens (tertiary/aromatic N) is 2. The molecule has 2 aliphatic heterocycles. The second-order valence-corrected chi connectivity index (χ2v) is 16.0. The van der Waals surface area contributed by atoms with Gasteiger partial charge in [-0.1, -0.05) is 115 Å². The summed E-state index contributed by atoms with van der Waals surface area (Å²) in [6.45, 7) is -0.151. The predicted molar refractivity (Wildman–Crippen MR) is 225 cm³/mol. The molecule has 6 aromatic carbocycles. The predicted octanol–water partition coefficient (Wildman–Crippen LogP) is 11.8. The molecule has 0 radical (unpaired) electrons. The van der Waals surface area contributed by atoms with Gasteiger partial charge in [-0.3, -0.25) is 0 Å². The van der Waals surface area contributed by atoms with E-state index in [9.17, 15) is 0 Å². The third-order valence-electron chi connectivity index (χ3n) is 12.5. The summed E-state index contributed by atoms with van der Waals surface area (Å²) in [4.78, 5) is 0. The Morgan fingerprint density at radius 1 is 0.636 bits per heavy atom. The Morgan fingerprint density at radius 2 is 1.22 bits per heavy atom. The molecule has 3 heterocycles. The van der Waals surface area contributed by atoms with Gasteiger partial charge in [0.25, 0.3) is 0 Å². The van der Waals surface area contributed by atoms with Crippen molar-refractivity contribution < 1.29 is 13.1 Å². The highest BCUT2D eigenvalue weighted by atomic mass is 79.9. The molecule has 264 valence electrons. The molecule has 0 fully saturated rings. The van der Waals surface area contributed by atoms with Crippen LogP contribution >= 0.6 is 15.9 Å². The van der Waals surface area contributed by atoms with Gasteiger partial charge in [0, 0.05) is 43.7 Å². The number of aryl methyl sites for hydroxylation is 2. The second-order valence-electron chi connectivity index (χ2n) is 15.2. The summed E-state index contributed by atoms with van der Waals surface area (Å²) in [6, 6.07) is 41.2. The van der Waals surface area contributed by atoms with E-state index in [-0.39, 0.29) is 0 Å². The molecule has 0 saturated heterocycles. The summed E-state index contributed by atoms with van der Waals surface area (Å²) in [5, 5.41) is 4.45. The van der Waals surface area contributed by atoms with Crippen LogP contribution in [0.15, 0.2) is 143 Å². The van der Waals surface area contributed by atoms with Crippen molar-refractivity contribution >= 4 is 55.7 Å². The average molecular weight is 780 g/mol. The maximum Gasteiger partial charge on any atom is 0.737 e. The zero-order chi connectivity index (χ0) is 37.2. The van der Waals surface area contributed by atoms with Crippen LogP contribution in [0.3, 0.4) is 0 Å². The Hall–Kier alpha value is -5.77. The number of fused-ring (bicyclic) bond motifs is 11. The minimum absolute atomic E-state index is 0.636. The Morgan fingerprint density at radius 3 is 1.91 bits per heavy atom. The largest absolute Gasteiger partial charge is 0.737 e. The van der Waals surface area contributed by atoms with Crippen LogP contribution < -0.4 is 0 Å². The fourth-order valence-electron chi connectivity index (χ4n) is 9.97. The smallest absolute Gasteiger partial charge is 0.389 e. The van der Waals surface area contributed by atoms with Gasteiger partial charge in [-0.2, -0.15) is 0 Å². The molecule has 1 aromatic heterocycles. The molecule has 2 aliphatic carbocycles. The number of hydrogen-bond donors (Lipinski definition) is 0. The van der Waals surface area contributed by atoms with E-state index < -0.39 is 6.97 Å². The number of aromatic nitrogens is 1. The SMILES string of the molecule is CC1=C2CCc3ccccc3C2=[N+]2C1=C(c1ccc(C#Cc3c4ccccc4c(Br)c4ccccc34)cc1)c1c(C)c3c(n1[B-]2(F)F)-c1ccccc1CC3. The standard InChI is InChI=1S/C49H34BBrF2N2/c1-29-35-27-24-32-11-3-5-13-37(32)48(35)54-46(29)44(47-30(2)36-28-25-33-12-4-6-14-38(33)49(36)55(47)50(54,52)53)34-22-19-31(20-23-34)21-26-41-39-15-7-9-17-42(39)45(51)43-18-10-8-16-40(41)43/h3-20,22-23H,24-25,27-28H2,1-2H3. The fraction of sp³-hybridized carbons (Fsp3) is 0.122. The van der Waals surface area contributed by atoms with Crippen LogP contribution in [0.1, 0.15) is 63.5 Å². The normalized spacial score (nSPS) is 16.3. The number of benzene rings is 6. The number of hydrogen-bond acceptors (Lipinski definition) is 0. The lowest BCUT2D eigenvalue weighted by molar-refractivity contribution is -0.362. The Balaban J connectivity index is 1.14. The molecule has 6 heteroatoms. The van der Waals surface area contributed by atoms with Crippen molar-refractivity contribution in [2.75, 3.05) is 0 Å². The lowest BCUT2D eigenvalue weighted by Gasteiger charge is -2.35. The van der Waals surface area contributed by atoms with E-state index in [0.717, 1.165) is 118 Å². The summed E-state index contributed by atoms with van der Waals surface area (Å²) in [6.07, 6.45) is 3.15. The molecule has 0 saturated carbocycles. The van der Waals surface area contributed by atoms with Crippen LogP contribution in [-0.4, -0.2) is 21.6 Å². The number of halogens is 3. The summed E-state index contributed by atoms with van der Waals surface area (Å²) in [5.74, 6) is 7.00. The Labute approximate surface area is 327 Å². The molecule has 0 amide bonds. The van der Waals surface area contributed by atoms with Crippen LogP contribution in [0.5, 0.6) is 0 Å². The van der Waals surface area contributed by atoms with E-state index in [1.54, 1.807) is 0 Å². The van der Waals surface area contributed by atoms with E-state index in [2.05, 4.69) is 114 Å². The van der Waals surface area contributed by atoms with Crippen LogP contribution in [0.4, 0.5) is 8.63 Å². The molecule has 0 atom stereocenters. The van der Waals surface area contributed by atoms with Crippen molar-refractivity contribution in [1.82, 2.24) is 4.48 Å². The molecule has 0 N–H and O–H groups in total. The number of rotatable bonds is 1. The third-order valence-corrected chi connectivity index (χ3v) is 13.3. The molecule has 0 bridgehead atoms. The first-order valence-electron chi connectivity index (χ1n) is 19.1. The zero-order valence-corrected chi connectivity index (χ0v) is 32.1. The van der Waals surface area contributed by atoms with Crippen LogP contribution in [0.2, 0.25) is 0 Å². The Kier molecular flexibility index (Phi) is 7.04. The quantitative estimate of drug-likeness (QED) is 0.0891. The summed E-state index contributed by atoms with van der Waals surface area (Å²) in [5.41, 5.74) is 14.3. The van der Waals surface area contributed by atoms with Gasteiger partial charge in [-0.15, -0.1) is 0 Å². The van der Waals surface area contributed by atoms with Crippen molar-refractivity contribution in [3.05, 3.63) is 193 Å². The van der Waals surface area contributed by atoms with Gasteiger partial charge < -0.3 is 17.6 Å². The van der Waals surface area contributed by atoms with E-state index >= 15 is 8.63 Å². The van der Waals surface area contributed by atoms with Crippen molar-refractivity contribution in [2.45, 2.75) is 39.5 Å². The fourth-order valence-corrected chi connectivity index (χ4v) is 10.7. The highest BCUT2D eigenvalue weighted by molar-refractivity contribution is 9.10. The van der Waals surface area contributed by atoms with Gasteiger partial charge in [0.2, 0.25) is 0 Å². The van der Waals surface area contributed by atoms with Gasteiger partial charge in [-0.05, 0) is 129 Å². The molecule has 0 spiro atoms. The van der Waals surface area contributed by atoms with E-state index in [4.69, 9.17) is 0 Å². The van der Waals surface area contributed by atoms with E-state index in [0.29, 0.717) is 22.8 Å². The first-order valence-corrected chi connectivity index (χ1v) is 19.9. The monoisotopic (exact) mass is 778 g/mol. The minimum Gasteiger partial charge on any atom is -0.389 e. The summed E-state index contributed by atoms with van der Waals surface area (Å²) < 4.78 is 39.9. The maximum atomic E-state index is 18.0. The highest BCUT2D eigenvalue weighted by Crippen LogP contribution is 2.52. The van der Waals surface area contributed by atoms with Gasteiger partial charge in [-0.25, -0.2) is 0 Å². The minimum atomic E-state index is -4.26. The van der Waals surface area contributed by atoms with Gasteiger partial charge in [0.1, 0.15) is 0 Å². The topological polar surface area (TPSA) is 7.94 Å².